The fourth-order valence-electron chi connectivity index (χ4n) is 5.79. The molecule has 0 spiro atoms. The van der Waals surface area contributed by atoms with Crippen molar-refractivity contribution in [3.63, 3.8) is 0 Å². The third-order valence-corrected chi connectivity index (χ3v) is 8.07. The van der Waals surface area contributed by atoms with Crippen LogP contribution < -0.4 is 9.47 Å². The van der Waals surface area contributed by atoms with Crippen molar-refractivity contribution in [1.29, 1.82) is 0 Å². The van der Waals surface area contributed by atoms with Crippen molar-refractivity contribution < 1.29 is 37.3 Å². The molecular weight excluding hydrogens is 579 g/mol. The molecule has 2 aliphatic heterocycles. The molecule has 44 heavy (non-hydrogen) atoms. The van der Waals surface area contributed by atoms with E-state index < -0.39 is 23.4 Å². The summed E-state index contributed by atoms with van der Waals surface area (Å²) in [6.07, 6.45) is 4.58. The highest BCUT2D eigenvalue weighted by molar-refractivity contribution is 5.92. The summed E-state index contributed by atoms with van der Waals surface area (Å²) < 4.78 is 61.3. The topological polar surface area (TPSA) is 112 Å². The summed E-state index contributed by atoms with van der Waals surface area (Å²) in [5, 5.41) is 9.50. The second-order valence-corrected chi connectivity index (χ2v) is 11.2. The van der Waals surface area contributed by atoms with Gasteiger partial charge in [-0.25, -0.2) is 27.9 Å². The molecule has 0 aliphatic carbocycles. The van der Waals surface area contributed by atoms with Crippen molar-refractivity contribution in [2.45, 2.75) is 70.6 Å². The molecule has 2 saturated heterocycles. The number of hydrogen-bond donors (Lipinski definition) is 1. The van der Waals surface area contributed by atoms with E-state index in [0.29, 0.717) is 62.1 Å². The summed E-state index contributed by atoms with van der Waals surface area (Å²) in [4.78, 5) is 27.0. The first kappa shape index (κ1) is 29.8. The van der Waals surface area contributed by atoms with E-state index in [1.807, 2.05) is 4.57 Å². The number of halogens is 3. The molecular formula is C31H32F3N5O5. The average Bonchev–Trinajstić information content (AvgIpc) is 3.63. The lowest BCUT2D eigenvalue weighted by Gasteiger charge is -2.37. The van der Waals surface area contributed by atoms with E-state index in [1.165, 1.54) is 18.3 Å². The summed E-state index contributed by atoms with van der Waals surface area (Å²) in [5.74, 6) is -2.15. The van der Waals surface area contributed by atoms with Gasteiger partial charge >= 0.3 is 5.97 Å². The number of carbonyl (C=O) groups is 1. The largest absolute Gasteiger partial charge is 0.483 e. The molecule has 0 bridgehead atoms. The number of likely N-dealkylation sites (tertiary alicyclic amines) is 1. The quantitative estimate of drug-likeness (QED) is 0.261. The van der Waals surface area contributed by atoms with Crippen LogP contribution in [0, 0.1) is 17.5 Å². The minimum Gasteiger partial charge on any atom is -0.483 e. The van der Waals surface area contributed by atoms with Crippen LogP contribution in [0.4, 0.5) is 13.2 Å². The maximum absolute atomic E-state index is 15.0. The van der Waals surface area contributed by atoms with Gasteiger partial charge < -0.3 is 23.9 Å². The van der Waals surface area contributed by atoms with Crippen LogP contribution in [-0.2, 0) is 24.4 Å². The molecule has 4 heterocycles. The molecule has 0 unspecified atom stereocenters. The van der Waals surface area contributed by atoms with Crippen molar-refractivity contribution in [3.05, 3.63) is 77.3 Å². The predicted molar refractivity (Wildman–Crippen MR) is 152 cm³/mol. The van der Waals surface area contributed by atoms with Crippen LogP contribution in [0.3, 0.4) is 0 Å². The first-order valence-corrected chi connectivity index (χ1v) is 14.6. The highest BCUT2D eigenvalue weighted by Gasteiger charge is 2.30. The third-order valence-electron chi connectivity index (χ3n) is 8.07. The van der Waals surface area contributed by atoms with Gasteiger partial charge in [0.2, 0.25) is 5.88 Å². The van der Waals surface area contributed by atoms with Gasteiger partial charge in [-0.3, -0.25) is 4.90 Å². The fourth-order valence-corrected chi connectivity index (χ4v) is 5.79. The third kappa shape index (κ3) is 6.63. The highest BCUT2D eigenvalue weighted by atomic mass is 19.1. The number of hydrogen-bond acceptors (Lipinski definition) is 8. The van der Waals surface area contributed by atoms with Crippen LogP contribution in [-0.4, -0.2) is 66.9 Å². The van der Waals surface area contributed by atoms with Gasteiger partial charge in [0.15, 0.2) is 23.2 Å². The molecule has 2 aromatic carbocycles. The second kappa shape index (κ2) is 12.8. The Morgan fingerprint density at radius 1 is 1.11 bits per heavy atom. The Bertz CT molecular complexity index is 1660. The summed E-state index contributed by atoms with van der Waals surface area (Å²) in [6.45, 7) is 4.24. The zero-order valence-electron chi connectivity index (χ0n) is 24.1. The Kier molecular flexibility index (Phi) is 8.67. The molecule has 0 amide bonds. The molecule has 0 saturated carbocycles. The van der Waals surface area contributed by atoms with E-state index in [2.05, 4.69) is 26.8 Å². The van der Waals surface area contributed by atoms with Gasteiger partial charge in [-0.15, -0.1) is 0 Å². The van der Waals surface area contributed by atoms with Crippen molar-refractivity contribution in [1.82, 2.24) is 24.4 Å². The van der Waals surface area contributed by atoms with E-state index >= 15 is 0 Å². The van der Waals surface area contributed by atoms with Crippen molar-refractivity contribution in [3.8, 4) is 11.6 Å². The molecule has 10 nitrogen and oxygen atoms in total. The number of imidazole rings is 1. The molecule has 0 radical (unpaired) electrons. The van der Waals surface area contributed by atoms with Gasteiger partial charge in [-0.2, -0.15) is 4.98 Å². The van der Waals surface area contributed by atoms with Gasteiger partial charge in [-0.05, 0) is 56.9 Å². The predicted octanol–water partition coefficient (Wildman–Crippen LogP) is 5.13. The van der Waals surface area contributed by atoms with E-state index in [-0.39, 0.29) is 41.7 Å². The number of piperidine rings is 1. The van der Waals surface area contributed by atoms with Crippen molar-refractivity contribution >= 4 is 17.0 Å². The maximum Gasteiger partial charge on any atom is 0.335 e. The Morgan fingerprint density at radius 2 is 1.98 bits per heavy atom. The molecule has 3 atom stereocenters. The summed E-state index contributed by atoms with van der Waals surface area (Å²) >= 11 is 0. The molecule has 4 aromatic rings. The van der Waals surface area contributed by atoms with Gasteiger partial charge in [0.05, 0.1) is 30.3 Å². The van der Waals surface area contributed by atoms with Crippen LogP contribution >= 0.6 is 0 Å². The minimum absolute atomic E-state index is 0.0443. The molecule has 13 heteroatoms. The summed E-state index contributed by atoms with van der Waals surface area (Å²) in [6, 6.07) is 7.29. The summed E-state index contributed by atoms with van der Waals surface area (Å²) in [7, 11) is 0. The van der Waals surface area contributed by atoms with Gasteiger partial charge in [0.1, 0.15) is 29.9 Å². The Balaban J connectivity index is 1.12. The maximum atomic E-state index is 15.0. The smallest absolute Gasteiger partial charge is 0.335 e. The highest BCUT2D eigenvalue weighted by Crippen LogP contribution is 2.28. The van der Waals surface area contributed by atoms with Crippen molar-refractivity contribution in [2.75, 3.05) is 13.2 Å². The number of nitrogens with zero attached hydrogens (tertiary/aromatic N) is 5. The first-order valence-electron chi connectivity index (χ1n) is 14.6. The van der Waals surface area contributed by atoms with Gasteiger partial charge in [0.25, 0.3) is 0 Å². The molecule has 2 aromatic heterocycles. The number of fused-ring (bicyclic) bond motifs is 1. The lowest BCUT2D eigenvalue weighted by atomic mass is 10.0. The van der Waals surface area contributed by atoms with Crippen LogP contribution in [0.2, 0.25) is 0 Å². The molecule has 1 N–H and O–H groups in total. The number of ether oxygens (including phenoxy) is 3. The van der Waals surface area contributed by atoms with E-state index in [9.17, 15) is 23.1 Å². The number of benzene rings is 2. The van der Waals surface area contributed by atoms with Crippen molar-refractivity contribution in [2.24, 2.45) is 0 Å². The Labute approximate surface area is 251 Å². The number of carboxylic acid groups (broad SMARTS) is 1. The van der Waals surface area contributed by atoms with Gasteiger partial charge in [-0.1, -0.05) is 0 Å². The van der Waals surface area contributed by atoms with Crippen LogP contribution in [0.25, 0.3) is 11.0 Å². The number of rotatable bonds is 10. The molecule has 6 rings (SSSR count). The monoisotopic (exact) mass is 611 g/mol. The Morgan fingerprint density at radius 3 is 2.73 bits per heavy atom. The van der Waals surface area contributed by atoms with Crippen LogP contribution in [0.5, 0.6) is 11.6 Å². The zero-order valence-corrected chi connectivity index (χ0v) is 24.1. The normalized spacial score (nSPS) is 20.7. The zero-order chi connectivity index (χ0) is 30.8. The average molecular weight is 612 g/mol. The Hall–Kier alpha value is -4.23. The molecule has 2 fully saturated rings. The molecule has 2 aliphatic rings. The second-order valence-electron chi connectivity index (χ2n) is 11.2. The summed E-state index contributed by atoms with van der Waals surface area (Å²) in [5.41, 5.74) is 0.479. The lowest BCUT2D eigenvalue weighted by Crippen LogP contribution is -2.44. The number of aromatic carboxylic acids is 1. The fraction of sp³-hybridized carbons (Fsp3) is 0.419. The minimum atomic E-state index is -1.20. The van der Waals surface area contributed by atoms with Crippen LogP contribution in [0.15, 0.2) is 42.6 Å². The standard InChI is InChI=1S/C31H32F3N5O5/c1-18-11-21(44-29-6-8-35-27(36-29)17-43-26-5-4-20(32)14-23(26)33)7-9-38(18)16-28-37-30-24(34)12-19(31(40)41)13-25(30)39(28)15-22-3-2-10-42-22/h4-6,8,12-14,18,21-22H,2-3,7,9-11,15-17H2,1H3,(H,40,41)/t18-,21-,22-/m0/s1. The SMILES string of the molecule is C[C@H]1C[C@@H](Oc2ccnc(COc3ccc(F)cc3F)n2)CCN1Cc1nc2c(F)cc(C(=O)O)cc2n1C[C@@H]1CCCO1. The lowest BCUT2D eigenvalue weighted by molar-refractivity contribution is 0.0524. The first-order chi connectivity index (χ1) is 21.2. The van der Waals surface area contributed by atoms with Crippen LogP contribution in [0.1, 0.15) is 54.6 Å². The van der Waals surface area contributed by atoms with E-state index in [0.717, 1.165) is 31.0 Å². The molecule has 232 valence electrons. The number of aromatic nitrogens is 4. The number of carboxylic acids is 1. The van der Waals surface area contributed by atoms with Gasteiger partial charge in [0, 0.05) is 37.5 Å². The van der Waals surface area contributed by atoms with E-state index in [4.69, 9.17) is 14.2 Å². The van der Waals surface area contributed by atoms with E-state index in [1.54, 1.807) is 6.07 Å².